The van der Waals surface area contributed by atoms with Crippen molar-refractivity contribution in [3.05, 3.63) is 71.0 Å². The zero-order valence-corrected chi connectivity index (χ0v) is 16.9. The molecular formula is C21H18ClF2N3OS. The molecule has 0 aliphatic heterocycles. The zero-order valence-electron chi connectivity index (χ0n) is 15.3. The minimum absolute atomic E-state index is 0.217. The van der Waals surface area contributed by atoms with Gasteiger partial charge in [0, 0.05) is 20.7 Å². The van der Waals surface area contributed by atoms with Crippen molar-refractivity contribution < 1.29 is 13.6 Å². The molecule has 1 aromatic heterocycles. The van der Waals surface area contributed by atoms with E-state index < -0.39 is 12.3 Å². The van der Waals surface area contributed by atoms with Crippen LogP contribution in [-0.4, -0.2) is 15.7 Å². The van der Waals surface area contributed by atoms with E-state index in [0.717, 1.165) is 27.3 Å². The Morgan fingerprint density at radius 2 is 1.93 bits per heavy atom. The van der Waals surface area contributed by atoms with Gasteiger partial charge in [0.05, 0.1) is 11.4 Å². The van der Waals surface area contributed by atoms with Crippen LogP contribution in [0.25, 0.3) is 0 Å². The van der Waals surface area contributed by atoms with E-state index in [1.165, 1.54) is 17.8 Å². The average molecular weight is 434 g/mol. The van der Waals surface area contributed by atoms with Gasteiger partial charge < -0.3 is 5.32 Å². The van der Waals surface area contributed by atoms with Gasteiger partial charge in [0.1, 0.15) is 12.2 Å². The Morgan fingerprint density at radius 1 is 1.21 bits per heavy atom. The predicted octanol–water partition coefficient (Wildman–Crippen LogP) is 6.14. The number of rotatable bonds is 7. The molecule has 29 heavy (non-hydrogen) atoms. The number of nitrogens with zero attached hydrogens (tertiary/aromatic N) is 2. The Morgan fingerprint density at radius 3 is 2.62 bits per heavy atom. The number of alkyl halides is 2. The molecule has 1 saturated carbocycles. The number of aromatic nitrogens is 2. The summed E-state index contributed by atoms with van der Waals surface area (Å²) in [4.78, 5) is 14.4. The molecule has 0 unspecified atom stereocenters. The van der Waals surface area contributed by atoms with E-state index in [-0.39, 0.29) is 18.2 Å². The van der Waals surface area contributed by atoms with Crippen molar-refractivity contribution in [1.29, 1.82) is 0 Å². The summed E-state index contributed by atoms with van der Waals surface area (Å²) < 4.78 is 27.8. The second kappa shape index (κ2) is 8.55. The van der Waals surface area contributed by atoms with Crippen molar-refractivity contribution >= 4 is 35.0 Å². The van der Waals surface area contributed by atoms with Crippen LogP contribution in [0.15, 0.2) is 64.4 Å². The van der Waals surface area contributed by atoms with Crippen LogP contribution in [-0.2, 0) is 11.3 Å². The van der Waals surface area contributed by atoms with Gasteiger partial charge in [-0.15, -0.1) is 0 Å². The fourth-order valence-corrected chi connectivity index (χ4v) is 3.97. The minimum atomic E-state index is -2.67. The van der Waals surface area contributed by atoms with Gasteiger partial charge in [-0.1, -0.05) is 35.5 Å². The summed E-state index contributed by atoms with van der Waals surface area (Å²) in [5, 5.41) is 7.70. The Bertz CT molecular complexity index is 1020. The average Bonchev–Trinajstić information content (AvgIpc) is 3.45. The summed E-state index contributed by atoms with van der Waals surface area (Å²) in [7, 11) is 0. The van der Waals surface area contributed by atoms with Crippen LogP contribution in [0.5, 0.6) is 0 Å². The summed E-state index contributed by atoms with van der Waals surface area (Å²) in [5.74, 6) is -0.158. The molecule has 4 rings (SSSR count). The normalized spacial score (nSPS) is 13.7. The lowest BCUT2D eigenvalue weighted by Gasteiger charge is -2.12. The number of carbonyl (C=O) groups is 1. The molecular weight excluding hydrogens is 416 g/mol. The summed E-state index contributed by atoms with van der Waals surface area (Å²) >= 11 is 7.40. The Kier molecular flexibility index (Phi) is 5.87. The Labute approximate surface area is 176 Å². The van der Waals surface area contributed by atoms with Gasteiger partial charge in [-0.05, 0) is 55.3 Å². The molecule has 0 bridgehead atoms. The van der Waals surface area contributed by atoms with Gasteiger partial charge in [-0.3, -0.25) is 9.48 Å². The van der Waals surface area contributed by atoms with Crippen molar-refractivity contribution in [2.75, 3.05) is 5.32 Å². The van der Waals surface area contributed by atoms with Gasteiger partial charge in [0.15, 0.2) is 0 Å². The summed E-state index contributed by atoms with van der Waals surface area (Å²) in [6.45, 7) is -0.258. The van der Waals surface area contributed by atoms with Crippen LogP contribution in [0.3, 0.4) is 0 Å². The van der Waals surface area contributed by atoms with Crippen LogP contribution < -0.4 is 5.32 Å². The fraction of sp³-hybridized carbons (Fsp3) is 0.238. The van der Waals surface area contributed by atoms with Crippen molar-refractivity contribution in [3.8, 4) is 0 Å². The molecule has 1 N–H and O–H groups in total. The van der Waals surface area contributed by atoms with Gasteiger partial charge in [0.25, 0.3) is 6.43 Å². The first-order chi connectivity index (χ1) is 14.0. The van der Waals surface area contributed by atoms with E-state index in [9.17, 15) is 13.6 Å². The Hall–Kier alpha value is -2.38. The largest absolute Gasteiger partial charge is 0.323 e. The Balaban J connectivity index is 1.48. The number of hydrogen-bond acceptors (Lipinski definition) is 3. The molecule has 1 aliphatic rings. The smallest absolute Gasteiger partial charge is 0.280 e. The monoisotopic (exact) mass is 433 g/mol. The molecule has 0 atom stereocenters. The van der Waals surface area contributed by atoms with Gasteiger partial charge in [0.2, 0.25) is 5.91 Å². The van der Waals surface area contributed by atoms with Gasteiger partial charge in [-0.25, -0.2) is 8.78 Å². The second-order valence-electron chi connectivity index (χ2n) is 6.83. The number of nitrogens with one attached hydrogen (secondary N) is 1. The SMILES string of the molecule is O=C(Cn1nc(C2CC2)cc1C(F)F)Nc1ccccc1Sc1ccc(Cl)cc1. The van der Waals surface area contributed by atoms with Crippen molar-refractivity contribution in [1.82, 2.24) is 9.78 Å². The molecule has 1 fully saturated rings. The van der Waals surface area contributed by atoms with E-state index in [0.29, 0.717) is 16.4 Å². The van der Waals surface area contributed by atoms with E-state index in [1.54, 1.807) is 18.2 Å². The van der Waals surface area contributed by atoms with Crippen molar-refractivity contribution in [2.24, 2.45) is 0 Å². The third-order valence-electron chi connectivity index (χ3n) is 4.55. The van der Waals surface area contributed by atoms with Crippen molar-refractivity contribution in [3.63, 3.8) is 0 Å². The first kappa shape index (κ1) is 19.9. The lowest BCUT2D eigenvalue weighted by molar-refractivity contribution is -0.117. The molecule has 8 heteroatoms. The molecule has 0 spiro atoms. The molecule has 1 amide bonds. The second-order valence-corrected chi connectivity index (χ2v) is 8.38. The molecule has 1 heterocycles. The third-order valence-corrected chi connectivity index (χ3v) is 5.88. The number of anilines is 1. The van der Waals surface area contributed by atoms with Crippen LogP contribution >= 0.6 is 23.4 Å². The zero-order chi connectivity index (χ0) is 20.4. The maximum Gasteiger partial charge on any atom is 0.280 e. The number of halogens is 3. The maximum absolute atomic E-state index is 13.3. The highest BCUT2D eigenvalue weighted by Gasteiger charge is 2.29. The summed E-state index contributed by atoms with van der Waals surface area (Å²) in [6.07, 6.45) is -0.752. The standard InChI is InChI=1S/C21H18ClF2N3OS/c22-14-7-9-15(10-8-14)29-19-4-2-1-3-16(19)25-20(28)12-27-18(21(23)24)11-17(26-27)13-5-6-13/h1-4,7-11,13,21H,5-6,12H2,(H,25,28). The van der Waals surface area contributed by atoms with E-state index in [1.807, 2.05) is 30.3 Å². The first-order valence-corrected chi connectivity index (χ1v) is 10.4. The summed E-state index contributed by atoms with van der Waals surface area (Å²) in [6, 6.07) is 16.1. The van der Waals surface area contributed by atoms with E-state index in [4.69, 9.17) is 11.6 Å². The van der Waals surface area contributed by atoms with Gasteiger partial charge >= 0.3 is 0 Å². The predicted molar refractivity (Wildman–Crippen MR) is 110 cm³/mol. The highest BCUT2D eigenvalue weighted by atomic mass is 35.5. The topological polar surface area (TPSA) is 46.9 Å². The number of para-hydroxylation sites is 1. The number of amides is 1. The quantitative estimate of drug-likeness (QED) is 0.486. The van der Waals surface area contributed by atoms with Crippen LogP contribution in [0, 0.1) is 0 Å². The lowest BCUT2D eigenvalue weighted by atomic mass is 10.3. The minimum Gasteiger partial charge on any atom is -0.323 e. The number of carbonyl (C=O) groups excluding carboxylic acids is 1. The molecule has 0 radical (unpaired) electrons. The van der Waals surface area contributed by atoms with Crippen LogP contribution in [0.1, 0.15) is 36.6 Å². The number of benzene rings is 2. The fourth-order valence-electron chi connectivity index (χ4n) is 2.95. The van der Waals surface area contributed by atoms with E-state index >= 15 is 0 Å². The molecule has 0 saturated heterocycles. The summed E-state index contributed by atoms with van der Waals surface area (Å²) in [5.41, 5.74) is 1.04. The third kappa shape index (κ3) is 4.97. The highest BCUT2D eigenvalue weighted by molar-refractivity contribution is 7.99. The molecule has 3 aromatic rings. The molecule has 2 aromatic carbocycles. The molecule has 1 aliphatic carbocycles. The van der Waals surface area contributed by atoms with Crippen LogP contribution in [0.4, 0.5) is 14.5 Å². The maximum atomic E-state index is 13.3. The molecule has 4 nitrogen and oxygen atoms in total. The number of hydrogen-bond donors (Lipinski definition) is 1. The van der Waals surface area contributed by atoms with Gasteiger partial charge in [-0.2, -0.15) is 5.10 Å². The van der Waals surface area contributed by atoms with E-state index in [2.05, 4.69) is 10.4 Å². The lowest BCUT2D eigenvalue weighted by Crippen LogP contribution is -2.21. The highest BCUT2D eigenvalue weighted by Crippen LogP contribution is 2.40. The molecule has 150 valence electrons. The first-order valence-electron chi connectivity index (χ1n) is 9.17. The van der Waals surface area contributed by atoms with Crippen molar-refractivity contribution in [2.45, 2.75) is 41.5 Å². The van der Waals surface area contributed by atoms with Crippen LogP contribution in [0.2, 0.25) is 5.02 Å².